The topological polar surface area (TPSA) is 84.2 Å². The molecule has 2 rings (SSSR count). The highest BCUT2D eigenvalue weighted by Gasteiger charge is 2.29. The molecule has 2 aromatic rings. The van der Waals surface area contributed by atoms with Crippen LogP contribution in [0, 0.1) is 0 Å². The first-order chi connectivity index (χ1) is 10.8. The number of rotatable bonds is 3. The van der Waals surface area contributed by atoms with E-state index in [1.54, 1.807) is 0 Å². The molecule has 2 aromatic carbocycles. The van der Waals surface area contributed by atoms with Gasteiger partial charge in [-0.2, -0.15) is 13.2 Å². The fourth-order valence-electron chi connectivity index (χ4n) is 1.75. The lowest BCUT2D eigenvalue weighted by atomic mass is 10.2. The molecule has 0 aliphatic carbocycles. The number of hydrogen-bond donors (Lipinski definition) is 3. The van der Waals surface area contributed by atoms with E-state index in [1.165, 1.54) is 24.3 Å². The van der Waals surface area contributed by atoms with Gasteiger partial charge in [-0.15, -0.1) is 0 Å². The maximum absolute atomic E-state index is 12.4. The molecular weight excluding hydrogens is 311 g/mol. The van der Waals surface area contributed by atoms with Crippen LogP contribution in [-0.4, -0.2) is 11.9 Å². The summed E-state index contributed by atoms with van der Waals surface area (Å²) in [6, 6.07) is 9.26. The molecule has 0 aromatic heterocycles. The summed E-state index contributed by atoms with van der Waals surface area (Å²) in [5.41, 5.74) is 5.20. The second-order valence-electron chi connectivity index (χ2n) is 4.60. The van der Waals surface area contributed by atoms with Crippen LogP contribution >= 0.6 is 0 Å². The van der Waals surface area contributed by atoms with Crippen molar-refractivity contribution in [3.63, 3.8) is 0 Å². The quantitative estimate of drug-likeness (QED) is 0.808. The fourth-order valence-corrected chi connectivity index (χ4v) is 1.75. The minimum Gasteiger partial charge on any atom is -0.366 e. The number of primary amides is 1. The molecule has 0 aliphatic heterocycles. The zero-order valence-corrected chi connectivity index (χ0v) is 11.6. The standard InChI is InChI=1S/C15H12F3N3O2/c16-15(17,18)10-3-7-12(8-4-10)21-14(23)20-11-5-1-9(2-6-11)13(19)22/h1-8H,(H2,19,22)(H2,20,21,23). The highest BCUT2D eigenvalue weighted by atomic mass is 19.4. The Balaban J connectivity index is 1.98. The molecule has 0 bridgehead atoms. The average Bonchev–Trinajstić information content (AvgIpc) is 2.47. The molecule has 23 heavy (non-hydrogen) atoms. The first kappa shape index (κ1) is 16.3. The lowest BCUT2D eigenvalue weighted by Gasteiger charge is -2.10. The number of halogens is 3. The predicted molar refractivity (Wildman–Crippen MR) is 79.0 cm³/mol. The van der Waals surface area contributed by atoms with Gasteiger partial charge in [0.15, 0.2) is 0 Å². The number of nitrogens with one attached hydrogen (secondary N) is 2. The monoisotopic (exact) mass is 323 g/mol. The lowest BCUT2D eigenvalue weighted by molar-refractivity contribution is -0.137. The molecule has 0 heterocycles. The summed E-state index contributed by atoms with van der Waals surface area (Å²) in [7, 11) is 0. The van der Waals surface area contributed by atoms with E-state index in [-0.39, 0.29) is 5.69 Å². The van der Waals surface area contributed by atoms with Crippen molar-refractivity contribution in [3.8, 4) is 0 Å². The van der Waals surface area contributed by atoms with Gasteiger partial charge in [0.2, 0.25) is 5.91 Å². The summed E-state index contributed by atoms with van der Waals surface area (Å²) in [4.78, 5) is 22.7. The van der Waals surface area contributed by atoms with Crippen molar-refractivity contribution in [3.05, 3.63) is 59.7 Å². The number of urea groups is 1. The highest BCUT2D eigenvalue weighted by molar-refractivity contribution is 6.00. The van der Waals surface area contributed by atoms with Gasteiger partial charge in [0.05, 0.1) is 5.56 Å². The Morgan fingerprint density at radius 3 is 1.65 bits per heavy atom. The molecule has 8 heteroatoms. The van der Waals surface area contributed by atoms with Crippen LogP contribution in [0.4, 0.5) is 29.3 Å². The van der Waals surface area contributed by atoms with Crippen LogP contribution in [0.1, 0.15) is 15.9 Å². The van der Waals surface area contributed by atoms with Gasteiger partial charge in [0, 0.05) is 16.9 Å². The number of nitrogens with two attached hydrogens (primary N) is 1. The van der Waals surface area contributed by atoms with Gasteiger partial charge in [0.1, 0.15) is 0 Å². The minimum absolute atomic E-state index is 0.212. The summed E-state index contributed by atoms with van der Waals surface area (Å²) < 4.78 is 37.3. The molecule has 3 amide bonds. The Kier molecular flexibility index (Phi) is 4.54. The fraction of sp³-hybridized carbons (Fsp3) is 0.0667. The summed E-state index contributed by atoms with van der Waals surface area (Å²) in [6.07, 6.45) is -4.43. The van der Waals surface area contributed by atoms with E-state index in [9.17, 15) is 22.8 Å². The molecule has 4 N–H and O–H groups in total. The molecule has 5 nitrogen and oxygen atoms in total. The number of benzene rings is 2. The molecule has 0 fully saturated rings. The van der Waals surface area contributed by atoms with E-state index in [1.807, 2.05) is 0 Å². The number of carbonyl (C=O) groups excluding carboxylic acids is 2. The number of anilines is 2. The van der Waals surface area contributed by atoms with Crippen LogP contribution < -0.4 is 16.4 Å². The number of carbonyl (C=O) groups is 2. The van der Waals surface area contributed by atoms with Crippen molar-refractivity contribution < 1.29 is 22.8 Å². The van der Waals surface area contributed by atoms with Gasteiger partial charge in [-0.25, -0.2) is 4.79 Å². The predicted octanol–water partition coefficient (Wildman–Crippen LogP) is 3.45. The number of alkyl halides is 3. The van der Waals surface area contributed by atoms with Crippen molar-refractivity contribution in [1.29, 1.82) is 0 Å². The van der Waals surface area contributed by atoms with Crippen LogP contribution in [0.3, 0.4) is 0 Å². The van der Waals surface area contributed by atoms with Gasteiger partial charge in [0.25, 0.3) is 0 Å². The second-order valence-corrected chi connectivity index (χ2v) is 4.60. The summed E-state index contributed by atoms with van der Waals surface area (Å²) in [5.74, 6) is -0.592. The minimum atomic E-state index is -4.43. The molecule has 0 aliphatic rings. The lowest BCUT2D eigenvalue weighted by Crippen LogP contribution is -2.19. The molecule has 0 radical (unpaired) electrons. The van der Waals surface area contributed by atoms with Crippen LogP contribution in [0.5, 0.6) is 0 Å². The van der Waals surface area contributed by atoms with Gasteiger partial charge in [-0.3, -0.25) is 4.79 Å². The zero-order chi connectivity index (χ0) is 17.0. The van der Waals surface area contributed by atoms with E-state index >= 15 is 0 Å². The number of amides is 3. The molecule has 0 spiro atoms. The highest BCUT2D eigenvalue weighted by Crippen LogP contribution is 2.29. The SMILES string of the molecule is NC(=O)c1ccc(NC(=O)Nc2ccc(C(F)(F)F)cc2)cc1. The van der Waals surface area contributed by atoms with Crippen LogP contribution in [0.25, 0.3) is 0 Å². The zero-order valence-electron chi connectivity index (χ0n) is 11.6. The Labute approximate surface area is 129 Å². The van der Waals surface area contributed by atoms with E-state index < -0.39 is 23.7 Å². The van der Waals surface area contributed by atoms with Gasteiger partial charge >= 0.3 is 12.2 Å². The Hall–Kier alpha value is -3.03. The van der Waals surface area contributed by atoms with Crippen LogP contribution in [0.2, 0.25) is 0 Å². The molecule has 0 saturated carbocycles. The third kappa shape index (κ3) is 4.47. The average molecular weight is 323 g/mol. The van der Waals surface area contributed by atoms with Crippen molar-refractivity contribution >= 4 is 23.3 Å². The van der Waals surface area contributed by atoms with Gasteiger partial charge in [-0.05, 0) is 48.5 Å². The molecule has 0 atom stereocenters. The third-order valence-electron chi connectivity index (χ3n) is 2.90. The van der Waals surface area contributed by atoms with Crippen molar-refractivity contribution in [2.45, 2.75) is 6.18 Å². The third-order valence-corrected chi connectivity index (χ3v) is 2.90. The van der Waals surface area contributed by atoms with E-state index in [0.29, 0.717) is 11.3 Å². The largest absolute Gasteiger partial charge is 0.416 e. The Bertz CT molecular complexity index is 710. The van der Waals surface area contributed by atoms with Crippen LogP contribution in [0.15, 0.2) is 48.5 Å². The molecule has 0 saturated heterocycles. The Morgan fingerprint density at radius 1 is 0.826 bits per heavy atom. The van der Waals surface area contributed by atoms with E-state index in [2.05, 4.69) is 10.6 Å². The normalized spacial score (nSPS) is 10.9. The van der Waals surface area contributed by atoms with E-state index in [0.717, 1.165) is 24.3 Å². The van der Waals surface area contributed by atoms with Crippen LogP contribution in [-0.2, 0) is 6.18 Å². The summed E-state index contributed by atoms with van der Waals surface area (Å²) in [6.45, 7) is 0. The van der Waals surface area contributed by atoms with Crippen molar-refractivity contribution in [2.75, 3.05) is 10.6 Å². The maximum atomic E-state index is 12.4. The first-order valence-electron chi connectivity index (χ1n) is 6.41. The van der Waals surface area contributed by atoms with Crippen molar-refractivity contribution in [2.24, 2.45) is 5.73 Å². The molecule has 0 unspecified atom stereocenters. The smallest absolute Gasteiger partial charge is 0.366 e. The summed E-state index contributed by atoms with van der Waals surface area (Å²) >= 11 is 0. The Morgan fingerprint density at radius 2 is 1.26 bits per heavy atom. The number of hydrogen-bond acceptors (Lipinski definition) is 2. The second kappa shape index (κ2) is 6.39. The summed E-state index contributed by atoms with van der Waals surface area (Å²) in [5, 5.41) is 4.87. The van der Waals surface area contributed by atoms with Gasteiger partial charge in [-0.1, -0.05) is 0 Å². The molecular formula is C15H12F3N3O2. The maximum Gasteiger partial charge on any atom is 0.416 e. The van der Waals surface area contributed by atoms with Crippen molar-refractivity contribution in [1.82, 2.24) is 0 Å². The van der Waals surface area contributed by atoms with Gasteiger partial charge < -0.3 is 16.4 Å². The van der Waals surface area contributed by atoms with E-state index in [4.69, 9.17) is 5.73 Å². The first-order valence-corrected chi connectivity index (χ1v) is 6.41. The molecule has 120 valence electrons.